The number of para-hydroxylation sites is 3. The number of hydrogen-bond donors (Lipinski definition) is 1. The van der Waals surface area contributed by atoms with Crippen LogP contribution in [0.4, 0.5) is 5.95 Å². The van der Waals surface area contributed by atoms with Crippen molar-refractivity contribution in [2.45, 2.75) is 19.9 Å². The topological polar surface area (TPSA) is 56.2 Å². The first-order valence-corrected chi connectivity index (χ1v) is 9.90. The van der Waals surface area contributed by atoms with E-state index in [-0.39, 0.29) is 11.8 Å². The average molecular weight is 395 g/mol. The Morgan fingerprint density at radius 3 is 2.50 bits per heavy atom. The molecule has 2 heterocycles. The summed E-state index contributed by atoms with van der Waals surface area (Å²) in [6.45, 7) is 3.54. The SMILES string of the molecule is CC(=O)C1=C(C)Nc2nc3ccccc3n2[C@@H]1c1cccc(Oc2ccccc2)c1. The predicted octanol–water partition coefficient (Wildman–Crippen LogP) is 5.71. The van der Waals surface area contributed by atoms with Gasteiger partial charge in [0.2, 0.25) is 5.95 Å². The van der Waals surface area contributed by atoms with Gasteiger partial charge in [-0.1, -0.05) is 42.5 Å². The summed E-state index contributed by atoms with van der Waals surface area (Å²) in [5.41, 5.74) is 4.39. The van der Waals surface area contributed by atoms with Gasteiger partial charge in [0.15, 0.2) is 5.78 Å². The normalized spacial score (nSPS) is 15.6. The molecule has 4 aromatic rings. The van der Waals surface area contributed by atoms with E-state index in [1.165, 1.54) is 0 Å². The third-order valence-corrected chi connectivity index (χ3v) is 5.36. The molecule has 0 amide bonds. The smallest absolute Gasteiger partial charge is 0.209 e. The molecule has 0 radical (unpaired) electrons. The number of nitrogens with zero attached hydrogens (tertiary/aromatic N) is 2. The fourth-order valence-electron chi connectivity index (χ4n) is 4.11. The number of aromatic nitrogens is 2. The lowest BCUT2D eigenvalue weighted by Gasteiger charge is -2.30. The van der Waals surface area contributed by atoms with Crippen molar-refractivity contribution < 1.29 is 9.53 Å². The van der Waals surface area contributed by atoms with Gasteiger partial charge in [0.05, 0.1) is 17.1 Å². The second-order valence-corrected chi connectivity index (χ2v) is 7.40. The molecule has 0 saturated heterocycles. The largest absolute Gasteiger partial charge is 0.457 e. The van der Waals surface area contributed by atoms with Crippen LogP contribution in [0.5, 0.6) is 11.5 Å². The number of nitrogens with one attached hydrogen (secondary N) is 1. The van der Waals surface area contributed by atoms with E-state index in [0.717, 1.165) is 45.3 Å². The summed E-state index contributed by atoms with van der Waals surface area (Å²) in [6.07, 6.45) is 0. The fraction of sp³-hybridized carbons (Fsp3) is 0.120. The number of rotatable bonds is 4. The second kappa shape index (κ2) is 7.19. The van der Waals surface area contributed by atoms with Gasteiger partial charge in [-0.05, 0) is 55.8 Å². The summed E-state index contributed by atoms with van der Waals surface area (Å²) in [5, 5.41) is 3.31. The zero-order chi connectivity index (χ0) is 20.7. The van der Waals surface area contributed by atoms with Crippen molar-refractivity contribution in [2.24, 2.45) is 0 Å². The summed E-state index contributed by atoms with van der Waals surface area (Å²) >= 11 is 0. The molecular formula is C25H21N3O2. The van der Waals surface area contributed by atoms with Crippen LogP contribution in [0.25, 0.3) is 11.0 Å². The Kier molecular flexibility index (Phi) is 4.36. The minimum Gasteiger partial charge on any atom is -0.457 e. The quantitative estimate of drug-likeness (QED) is 0.481. The van der Waals surface area contributed by atoms with Crippen LogP contribution < -0.4 is 10.1 Å². The van der Waals surface area contributed by atoms with Crippen molar-refractivity contribution in [3.8, 4) is 11.5 Å². The van der Waals surface area contributed by atoms with Crippen LogP contribution in [0.3, 0.4) is 0 Å². The lowest BCUT2D eigenvalue weighted by molar-refractivity contribution is -0.114. The minimum absolute atomic E-state index is 0.0304. The highest BCUT2D eigenvalue weighted by Crippen LogP contribution is 2.40. The summed E-state index contributed by atoms with van der Waals surface area (Å²) in [5.74, 6) is 2.26. The Bertz CT molecular complexity index is 1290. The van der Waals surface area contributed by atoms with Gasteiger partial charge < -0.3 is 10.1 Å². The summed E-state index contributed by atoms with van der Waals surface area (Å²) in [7, 11) is 0. The molecule has 1 aliphatic rings. The molecule has 5 nitrogen and oxygen atoms in total. The van der Waals surface area contributed by atoms with Crippen LogP contribution >= 0.6 is 0 Å². The molecule has 1 aliphatic heterocycles. The number of carbonyl (C=O) groups excluding carboxylic acids is 1. The second-order valence-electron chi connectivity index (χ2n) is 7.40. The molecule has 3 aromatic carbocycles. The van der Waals surface area contributed by atoms with Crippen molar-refractivity contribution in [1.29, 1.82) is 0 Å². The minimum atomic E-state index is -0.287. The number of benzene rings is 3. The number of imidazole rings is 1. The number of anilines is 1. The number of ketones is 1. The van der Waals surface area contributed by atoms with Crippen LogP contribution in [0.1, 0.15) is 25.5 Å². The van der Waals surface area contributed by atoms with Crippen molar-refractivity contribution in [1.82, 2.24) is 9.55 Å². The van der Waals surface area contributed by atoms with Gasteiger partial charge in [-0.15, -0.1) is 0 Å². The molecule has 1 atom stereocenters. The molecule has 0 bridgehead atoms. The molecule has 0 saturated carbocycles. The lowest BCUT2D eigenvalue weighted by Crippen LogP contribution is -2.27. The van der Waals surface area contributed by atoms with Crippen molar-refractivity contribution in [3.63, 3.8) is 0 Å². The third kappa shape index (κ3) is 3.05. The van der Waals surface area contributed by atoms with E-state index in [1.54, 1.807) is 6.92 Å². The Hall–Kier alpha value is -3.86. The molecule has 5 rings (SSSR count). The van der Waals surface area contributed by atoms with Crippen LogP contribution in [0.2, 0.25) is 0 Å². The number of ether oxygens (including phenoxy) is 1. The summed E-state index contributed by atoms with van der Waals surface area (Å²) in [6, 6.07) is 25.3. The first-order valence-electron chi connectivity index (χ1n) is 9.90. The van der Waals surface area contributed by atoms with Crippen LogP contribution in [0.15, 0.2) is 90.1 Å². The standard InChI is InChI=1S/C25H21N3O2/c1-16-23(17(2)29)24(28-22-14-7-6-13-21(22)27-25(28)26-16)18-9-8-12-20(15-18)30-19-10-4-3-5-11-19/h3-15,24H,1-2H3,(H,26,27)/t24-/m1/s1. The highest BCUT2D eigenvalue weighted by Gasteiger charge is 2.32. The van der Waals surface area contributed by atoms with E-state index >= 15 is 0 Å². The molecular weight excluding hydrogens is 374 g/mol. The number of fused-ring (bicyclic) bond motifs is 3. The molecule has 1 N–H and O–H groups in total. The van der Waals surface area contributed by atoms with E-state index in [1.807, 2.05) is 85.8 Å². The van der Waals surface area contributed by atoms with E-state index in [2.05, 4.69) is 9.88 Å². The van der Waals surface area contributed by atoms with E-state index in [4.69, 9.17) is 9.72 Å². The Morgan fingerprint density at radius 2 is 1.70 bits per heavy atom. The summed E-state index contributed by atoms with van der Waals surface area (Å²) < 4.78 is 8.15. The first-order chi connectivity index (χ1) is 14.6. The molecule has 5 heteroatoms. The number of carbonyl (C=O) groups is 1. The number of allylic oxidation sites excluding steroid dienone is 2. The van der Waals surface area contributed by atoms with Crippen molar-refractivity contribution in [3.05, 3.63) is 95.7 Å². The fourth-order valence-corrected chi connectivity index (χ4v) is 4.11. The lowest BCUT2D eigenvalue weighted by atomic mass is 9.92. The first kappa shape index (κ1) is 18.2. The molecule has 0 fully saturated rings. The van der Waals surface area contributed by atoms with Gasteiger partial charge in [0.25, 0.3) is 0 Å². The van der Waals surface area contributed by atoms with Gasteiger partial charge >= 0.3 is 0 Å². The predicted molar refractivity (Wildman–Crippen MR) is 118 cm³/mol. The average Bonchev–Trinajstić information content (AvgIpc) is 3.11. The number of hydrogen-bond acceptors (Lipinski definition) is 4. The zero-order valence-electron chi connectivity index (χ0n) is 16.8. The van der Waals surface area contributed by atoms with Gasteiger partial charge in [-0.25, -0.2) is 4.98 Å². The number of Topliss-reactive ketones (excluding diaryl/α,β-unsaturated/α-hetero) is 1. The Balaban J connectivity index is 1.67. The molecule has 1 aromatic heterocycles. The molecule has 0 unspecified atom stereocenters. The van der Waals surface area contributed by atoms with Crippen molar-refractivity contribution >= 4 is 22.8 Å². The molecule has 0 spiro atoms. The van der Waals surface area contributed by atoms with E-state index < -0.39 is 0 Å². The third-order valence-electron chi connectivity index (χ3n) is 5.36. The molecule has 0 aliphatic carbocycles. The Morgan fingerprint density at radius 1 is 0.967 bits per heavy atom. The summed E-state index contributed by atoms with van der Waals surface area (Å²) in [4.78, 5) is 17.4. The van der Waals surface area contributed by atoms with Crippen LogP contribution in [-0.2, 0) is 4.79 Å². The van der Waals surface area contributed by atoms with Gasteiger partial charge in [0.1, 0.15) is 11.5 Å². The maximum Gasteiger partial charge on any atom is 0.209 e. The Labute approximate surface area is 174 Å². The van der Waals surface area contributed by atoms with Crippen LogP contribution in [0, 0.1) is 0 Å². The highest BCUT2D eigenvalue weighted by molar-refractivity contribution is 5.97. The van der Waals surface area contributed by atoms with E-state index in [9.17, 15) is 4.79 Å². The maximum atomic E-state index is 12.7. The monoisotopic (exact) mass is 395 g/mol. The zero-order valence-corrected chi connectivity index (χ0v) is 16.8. The van der Waals surface area contributed by atoms with Gasteiger partial charge in [-0.2, -0.15) is 0 Å². The highest BCUT2D eigenvalue weighted by atomic mass is 16.5. The van der Waals surface area contributed by atoms with E-state index in [0.29, 0.717) is 0 Å². The maximum absolute atomic E-state index is 12.7. The van der Waals surface area contributed by atoms with Crippen molar-refractivity contribution in [2.75, 3.05) is 5.32 Å². The van der Waals surface area contributed by atoms with Crippen LogP contribution in [-0.4, -0.2) is 15.3 Å². The molecule has 30 heavy (non-hydrogen) atoms. The van der Waals surface area contributed by atoms with Gasteiger partial charge in [-0.3, -0.25) is 9.36 Å². The van der Waals surface area contributed by atoms with Gasteiger partial charge in [0, 0.05) is 11.3 Å². The molecule has 148 valence electrons.